The first kappa shape index (κ1) is 19.3. The Labute approximate surface area is 154 Å². The maximum Gasteiger partial charge on any atom is 0.238 e. The highest BCUT2D eigenvalue weighted by molar-refractivity contribution is 5.89. The third kappa shape index (κ3) is 3.79. The molecule has 0 bridgehead atoms. The van der Waals surface area contributed by atoms with Crippen LogP contribution in [0, 0.1) is 25.6 Å². The summed E-state index contributed by atoms with van der Waals surface area (Å²) in [4.78, 5) is 4.42. The molecular formula is C20H24ClFN2O. The van der Waals surface area contributed by atoms with Gasteiger partial charge in [0.15, 0.2) is 0 Å². The molecule has 0 spiro atoms. The van der Waals surface area contributed by atoms with E-state index in [1.54, 1.807) is 12.3 Å². The van der Waals surface area contributed by atoms with Crippen LogP contribution in [-0.2, 0) is 6.54 Å². The van der Waals surface area contributed by atoms with Gasteiger partial charge in [0.25, 0.3) is 0 Å². The van der Waals surface area contributed by atoms with Crippen molar-refractivity contribution < 1.29 is 9.13 Å². The van der Waals surface area contributed by atoms with Crippen molar-refractivity contribution in [3.05, 3.63) is 59.2 Å². The van der Waals surface area contributed by atoms with Gasteiger partial charge in [0.1, 0.15) is 11.3 Å². The SMILES string of the molecule is Cc1c(C)n(Cc2ccccc2F)c2c(OCC(C)C)nccc12.Cl. The summed E-state index contributed by atoms with van der Waals surface area (Å²) in [6, 6.07) is 8.89. The lowest BCUT2D eigenvalue weighted by molar-refractivity contribution is 0.263. The van der Waals surface area contributed by atoms with Crippen LogP contribution in [0.3, 0.4) is 0 Å². The van der Waals surface area contributed by atoms with Gasteiger partial charge in [0.2, 0.25) is 5.88 Å². The second-order valence-corrected chi connectivity index (χ2v) is 6.61. The van der Waals surface area contributed by atoms with Crippen LogP contribution in [0.25, 0.3) is 10.9 Å². The largest absolute Gasteiger partial charge is 0.476 e. The second-order valence-electron chi connectivity index (χ2n) is 6.61. The first-order chi connectivity index (χ1) is 11.5. The Morgan fingerprint density at radius 1 is 1.16 bits per heavy atom. The van der Waals surface area contributed by atoms with Gasteiger partial charge in [-0.05, 0) is 37.5 Å². The fraction of sp³-hybridized carbons (Fsp3) is 0.350. The molecule has 0 saturated heterocycles. The van der Waals surface area contributed by atoms with Crippen LogP contribution in [0.15, 0.2) is 36.5 Å². The fourth-order valence-electron chi connectivity index (χ4n) is 2.91. The quantitative estimate of drug-likeness (QED) is 0.616. The summed E-state index contributed by atoms with van der Waals surface area (Å²) in [6.07, 6.45) is 1.78. The first-order valence-corrected chi connectivity index (χ1v) is 8.29. The van der Waals surface area contributed by atoms with Gasteiger partial charge < -0.3 is 9.30 Å². The summed E-state index contributed by atoms with van der Waals surface area (Å²) in [6.45, 7) is 9.43. The maximum absolute atomic E-state index is 14.1. The molecule has 0 saturated carbocycles. The number of aromatic nitrogens is 2. The second kappa shape index (κ2) is 7.87. The zero-order chi connectivity index (χ0) is 17.3. The Morgan fingerprint density at radius 2 is 1.88 bits per heavy atom. The van der Waals surface area contributed by atoms with E-state index in [0.29, 0.717) is 30.5 Å². The third-order valence-corrected chi connectivity index (χ3v) is 4.35. The van der Waals surface area contributed by atoms with E-state index in [-0.39, 0.29) is 18.2 Å². The monoisotopic (exact) mass is 362 g/mol. The average molecular weight is 363 g/mol. The highest BCUT2D eigenvalue weighted by atomic mass is 35.5. The highest BCUT2D eigenvalue weighted by Crippen LogP contribution is 2.32. The van der Waals surface area contributed by atoms with Gasteiger partial charge in [-0.3, -0.25) is 0 Å². The van der Waals surface area contributed by atoms with Crippen LogP contribution in [0.2, 0.25) is 0 Å². The van der Waals surface area contributed by atoms with E-state index in [9.17, 15) is 4.39 Å². The van der Waals surface area contributed by atoms with Gasteiger partial charge in [0, 0.05) is 22.8 Å². The van der Waals surface area contributed by atoms with Crippen molar-refractivity contribution in [2.75, 3.05) is 6.61 Å². The van der Waals surface area contributed by atoms with E-state index >= 15 is 0 Å². The molecule has 0 aliphatic carbocycles. The van der Waals surface area contributed by atoms with Gasteiger partial charge in [-0.2, -0.15) is 0 Å². The Balaban J connectivity index is 0.00000225. The Hall–Kier alpha value is -2.07. The van der Waals surface area contributed by atoms with E-state index in [1.807, 2.05) is 18.2 Å². The molecule has 0 unspecified atom stereocenters. The van der Waals surface area contributed by atoms with E-state index in [2.05, 4.69) is 37.2 Å². The number of halogens is 2. The van der Waals surface area contributed by atoms with E-state index < -0.39 is 0 Å². The van der Waals surface area contributed by atoms with Gasteiger partial charge in [-0.25, -0.2) is 9.37 Å². The number of aryl methyl sites for hydroxylation is 1. The number of nitrogens with zero attached hydrogens (tertiary/aromatic N) is 2. The molecule has 2 aromatic heterocycles. The smallest absolute Gasteiger partial charge is 0.238 e. The molecule has 0 N–H and O–H groups in total. The molecule has 0 fully saturated rings. The van der Waals surface area contributed by atoms with Crippen molar-refractivity contribution in [3.8, 4) is 5.88 Å². The van der Waals surface area contributed by atoms with Crippen molar-refractivity contribution in [2.45, 2.75) is 34.2 Å². The number of hydrogen-bond acceptors (Lipinski definition) is 2. The Kier molecular flexibility index (Phi) is 6.07. The van der Waals surface area contributed by atoms with Gasteiger partial charge in [-0.1, -0.05) is 32.0 Å². The van der Waals surface area contributed by atoms with E-state index in [1.165, 1.54) is 11.6 Å². The zero-order valence-electron chi connectivity index (χ0n) is 15.0. The lowest BCUT2D eigenvalue weighted by Gasteiger charge is -2.13. The number of rotatable bonds is 5. The van der Waals surface area contributed by atoms with E-state index in [0.717, 1.165) is 16.6 Å². The van der Waals surface area contributed by atoms with Gasteiger partial charge >= 0.3 is 0 Å². The first-order valence-electron chi connectivity index (χ1n) is 8.29. The highest BCUT2D eigenvalue weighted by Gasteiger charge is 2.17. The molecule has 2 heterocycles. The molecule has 5 heteroatoms. The van der Waals surface area contributed by atoms with Crippen LogP contribution in [-0.4, -0.2) is 16.2 Å². The van der Waals surface area contributed by atoms with Crippen LogP contribution >= 0.6 is 12.4 Å². The molecule has 3 rings (SSSR count). The van der Waals surface area contributed by atoms with Crippen molar-refractivity contribution >= 4 is 23.3 Å². The summed E-state index contributed by atoms with van der Waals surface area (Å²) in [7, 11) is 0. The molecule has 1 aromatic carbocycles. The molecular weight excluding hydrogens is 339 g/mol. The topological polar surface area (TPSA) is 27.1 Å². The van der Waals surface area contributed by atoms with Crippen molar-refractivity contribution in [3.63, 3.8) is 0 Å². The van der Waals surface area contributed by atoms with Crippen LogP contribution in [0.1, 0.15) is 30.7 Å². The third-order valence-electron chi connectivity index (χ3n) is 4.35. The zero-order valence-corrected chi connectivity index (χ0v) is 15.9. The lowest BCUT2D eigenvalue weighted by Crippen LogP contribution is -2.09. The fourth-order valence-corrected chi connectivity index (χ4v) is 2.91. The number of fused-ring (bicyclic) bond motifs is 1. The van der Waals surface area contributed by atoms with Crippen LogP contribution in [0.5, 0.6) is 5.88 Å². The van der Waals surface area contributed by atoms with Crippen LogP contribution in [0.4, 0.5) is 4.39 Å². The molecule has 25 heavy (non-hydrogen) atoms. The summed E-state index contributed by atoms with van der Waals surface area (Å²) in [5, 5.41) is 1.11. The number of ether oxygens (including phenoxy) is 1. The minimum atomic E-state index is -0.190. The lowest BCUT2D eigenvalue weighted by atomic mass is 10.2. The molecule has 0 amide bonds. The minimum Gasteiger partial charge on any atom is -0.476 e. The van der Waals surface area contributed by atoms with Gasteiger partial charge in [-0.15, -0.1) is 12.4 Å². The molecule has 3 aromatic rings. The van der Waals surface area contributed by atoms with Crippen molar-refractivity contribution in [1.82, 2.24) is 9.55 Å². The van der Waals surface area contributed by atoms with Crippen molar-refractivity contribution in [2.24, 2.45) is 5.92 Å². The molecule has 0 radical (unpaired) electrons. The summed E-state index contributed by atoms with van der Waals surface area (Å²) < 4.78 is 22.1. The normalized spacial score (nSPS) is 11.0. The molecule has 0 aliphatic heterocycles. The standard InChI is InChI=1S/C20H23FN2O.ClH/c1-13(2)12-24-20-19-17(9-10-22-20)14(3)15(4)23(19)11-16-7-5-6-8-18(16)21;/h5-10,13H,11-12H2,1-4H3;1H. The predicted molar refractivity (Wildman–Crippen MR) is 102 cm³/mol. The number of benzene rings is 1. The molecule has 134 valence electrons. The van der Waals surface area contributed by atoms with E-state index in [4.69, 9.17) is 4.74 Å². The van der Waals surface area contributed by atoms with Crippen molar-refractivity contribution in [1.29, 1.82) is 0 Å². The summed E-state index contributed by atoms with van der Waals surface area (Å²) in [5.74, 6) is 0.845. The number of pyridine rings is 1. The Bertz CT molecular complexity index is 874. The predicted octanol–water partition coefficient (Wildman–Crippen LogP) is 5.30. The molecule has 0 aliphatic rings. The summed E-state index contributed by atoms with van der Waals surface area (Å²) >= 11 is 0. The summed E-state index contributed by atoms with van der Waals surface area (Å²) in [5.41, 5.74) is 3.89. The van der Waals surface area contributed by atoms with Crippen LogP contribution < -0.4 is 4.74 Å². The Morgan fingerprint density at radius 3 is 2.56 bits per heavy atom. The number of hydrogen-bond donors (Lipinski definition) is 0. The minimum absolute atomic E-state index is 0. The maximum atomic E-state index is 14.1. The van der Waals surface area contributed by atoms with Gasteiger partial charge in [0.05, 0.1) is 13.2 Å². The molecule has 3 nitrogen and oxygen atoms in total. The average Bonchev–Trinajstić information content (AvgIpc) is 2.80. The molecule has 0 atom stereocenters.